The van der Waals surface area contributed by atoms with E-state index >= 15 is 0 Å². The zero-order chi connectivity index (χ0) is 17.0. The Hall–Kier alpha value is -1.39. The van der Waals surface area contributed by atoms with Crippen molar-refractivity contribution in [2.75, 3.05) is 13.1 Å². The molecule has 0 aliphatic carbocycles. The van der Waals surface area contributed by atoms with Gasteiger partial charge in [0.05, 0.1) is 11.2 Å². The van der Waals surface area contributed by atoms with E-state index in [-0.39, 0.29) is 12.5 Å². The summed E-state index contributed by atoms with van der Waals surface area (Å²) in [6.07, 6.45) is -0.663. The first-order chi connectivity index (χ1) is 10.0. The molecule has 4 nitrogen and oxygen atoms in total. The molecule has 1 aromatic carbocycles. The number of nitrogens with zero attached hydrogens (tertiary/aromatic N) is 1. The maximum Gasteiger partial charge on any atom is 0.256 e. The molecule has 1 amide bonds. The molecule has 0 spiro atoms. The predicted octanol–water partition coefficient (Wildman–Crippen LogP) is 3.16. The number of hydrogen-bond donors (Lipinski definition) is 1. The van der Waals surface area contributed by atoms with Gasteiger partial charge in [-0.1, -0.05) is 30.3 Å². The molecule has 124 valence electrons. The van der Waals surface area contributed by atoms with E-state index in [4.69, 9.17) is 4.74 Å². The molecular weight excluding hydrogens is 278 g/mol. The topological polar surface area (TPSA) is 49.8 Å². The summed E-state index contributed by atoms with van der Waals surface area (Å²) in [4.78, 5) is 14.6. The second kappa shape index (κ2) is 7.25. The van der Waals surface area contributed by atoms with Crippen molar-refractivity contribution in [1.29, 1.82) is 0 Å². The fraction of sp³-hybridized carbons (Fsp3) is 0.611. The molecule has 0 aliphatic heterocycles. The molecule has 0 heterocycles. The lowest BCUT2D eigenvalue weighted by molar-refractivity contribution is -0.156. The van der Waals surface area contributed by atoms with Gasteiger partial charge >= 0.3 is 0 Å². The molecule has 22 heavy (non-hydrogen) atoms. The van der Waals surface area contributed by atoms with E-state index in [1.54, 1.807) is 18.7 Å². The molecular formula is C18H29NO3. The van der Waals surface area contributed by atoms with E-state index in [1.807, 2.05) is 58.0 Å². The largest absolute Gasteiger partial charge is 0.389 e. The molecule has 1 atom stereocenters. The van der Waals surface area contributed by atoms with E-state index in [1.165, 1.54) is 0 Å². The summed E-state index contributed by atoms with van der Waals surface area (Å²) in [7, 11) is 0. The van der Waals surface area contributed by atoms with Crippen LogP contribution < -0.4 is 0 Å². The highest BCUT2D eigenvalue weighted by atomic mass is 16.5. The number of benzene rings is 1. The van der Waals surface area contributed by atoms with Gasteiger partial charge in [0.1, 0.15) is 0 Å². The van der Waals surface area contributed by atoms with Gasteiger partial charge < -0.3 is 14.7 Å². The molecule has 1 aromatic rings. The van der Waals surface area contributed by atoms with Gasteiger partial charge in [0.25, 0.3) is 5.91 Å². The monoisotopic (exact) mass is 307 g/mol. The van der Waals surface area contributed by atoms with Crippen LogP contribution in [-0.4, -0.2) is 40.2 Å². The highest BCUT2D eigenvalue weighted by Gasteiger charge is 2.32. The average Bonchev–Trinajstić information content (AvgIpc) is 2.40. The molecule has 0 saturated carbocycles. The third kappa shape index (κ3) is 6.16. The second-order valence-corrected chi connectivity index (χ2v) is 7.19. The minimum atomic E-state index is -0.936. The fourth-order valence-corrected chi connectivity index (χ4v) is 2.22. The summed E-state index contributed by atoms with van der Waals surface area (Å²) >= 11 is 0. The van der Waals surface area contributed by atoms with Crippen molar-refractivity contribution in [3.05, 3.63) is 35.9 Å². The smallest absolute Gasteiger partial charge is 0.256 e. The predicted molar refractivity (Wildman–Crippen MR) is 88.6 cm³/mol. The number of likely N-dealkylation sites (N-methyl/N-ethyl adjacent to an activating group) is 1. The Kier molecular flexibility index (Phi) is 6.15. The van der Waals surface area contributed by atoms with Gasteiger partial charge in [0, 0.05) is 13.1 Å². The number of hydrogen-bond acceptors (Lipinski definition) is 3. The number of carbonyl (C=O) groups is 1. The zero-order valence-electron chi connectivity index (χ0n) is 14.6. The quantitative estimate of drug-likeness (QED) is 0.878. The van der Waals surface area contributed by atoms with Crippen molar-refractivity contribution in [3.63, 3.8) is 0 Å². The molecule has 0 fully saturated rings. The van der Waals surface area contributed by atoms with E-state index in [0.717, 1.165) is 5.56 Å². The third-order valence-corrected chi connectivity index (χ3v) is 3.07. The van der Waals surface area contributed by atoms with Crippen LogP contribution in [0.5, 0.6) is 0 Å². The van der Waals surface area contributed by atoms with E-state index in [2.05, 4.69) is 0 Å². The van der Waals surface area contributed by atoms with Crippen LogP contribution in [0.1, 0.15) is 53.2 Å². The van der Waals surface area contributed by atoms with Crippen molar-refractivity contribution in [2.45, 2.75) is 58.8 Å². The average molecular weight is 307 g/mol. The SMILES string of the molecule is CCN(CC(C)(C)O)C(=O)C(OC(C)(C)C)c1ccccc1. The van der Waals surface area contributed by atoms with Crippen LogP contribution >= 0.6 is 0 Å². The van der Waals surface area contributed by atoms with Crippen LogP contribution in [0.25, 0.3) is 0 Å². The van der Waals surface area contributed by atoms with Crippen LogP contribution in [0, 0.1) is 0 Å². The van der Waals surface area contributed by atoms with Gasteiger partial charge in [-0.25, -0.2) is 0 Å². The fourth-order valence-electron chi connectivity index (χ4n) is 2.22. The lowest BCUT2D eigenvalue weighted by atomic mass is 10.0. The highest BCUT2D eigenvalue weighted by molar-refractivity contribution is 5.82. The Labute approximate surface area is 134 Å². The van der Waals surface area contributed by atoms with E-state index in [9.17, 15) is 9.90 Å². The minimum absolute atomic E-state index is 0.120. The Morgan fingerprint density at radius 1 is 1.18 bits per heavy atom. The summed E-state index contributed by atoms with van der Waals surface area (Å²) in [6.45, 7) is 11.9. The number of carbonyl (C=O) groups excluding carboxylic acids is 1. The van der Waals surface area contributed by atoms with Crippen molar-refractivity contribution in [2.24, 2.45) is 0 Å². The van der Waals surface area contributed by atoms with E-state index in [0.29, 0.717) is 6.54 Å². The molecule has 0 aromatic heterocycles. The maximum atomic E-state index is 12.9. The number of amides is 1. The lowest BCUT2D eigenvalue weighted by Gasteiger charge is -2.34. The Morgan fingerprint density at radius 2 is 1.73 bits per heavy atom. The zero-order valence-corrected chi connectivity index (χ0v) is 14.6. The van der Waals surface area contributed by atoms with Gasteiger partial charge in [0.15, 0.2) is 6.10 Å². The number of ether oxygens (including phenoxy) is 1. The van der Waals surface area contributed by atoms with Crippen LogP contribution in [0.15, 0.2) is 30.3 Å². The summed E-state index contributed by atoms with van der Waals surface area (Å²) < 4.78 is 6.01. The third-order valence-electron chi connectivity index (χ3n) is 3.07. The van der Waals surface area contributed by atoms with Gasteiger partial charge in [-0.15, -0.1) is 0 Å². The van der Waals surface area contributed by atoms with Crippen molar-refractivity contribution < 1.29 is 14.6 Å². The first kappa shape index (κ1) is 18.7. The summed E-state index contributed by atoms with van der Waals surface area (Å²) in [5, 5.41) is 10.0. The highest BCUT2D eigenvalue weighted by Crippen LogP contribution is 2.26. The number of aliphatic hydroxyl groups is 1. The van der Waals surface area contributed by atoms with Crippen molar-refractivity contribution in [3.8, 4) is 0 Å². The molecule has 1 rings (SSSR count). The molecule has 1 unspecified atom stereocenters. The normalized spacial score (nSPS) is 13.8. The van der Waals surface area contributed by atoms with Crippen LogP contribution in [-0.2, 0) is 9.53 Å². The first-order valence-corrected chi connectivity index (χ1v) is 7.77. The molecule has 1 N–H and O–H groups in total. The summed E-state index contributed by atoms with van der Waals surface area (Å²) in [5.41, 5.74) is -0.546. The summed E-state index contributed by atoms with van der Waals surface area (Å²) in [6, 6.07) is 9.50. The maximum absolute atomic E-state index is 12.9. The van der Waals surface area contributed by atoms with Gasteiger partial charge in [-0.3, -0.25) is 4.79 Å². The minimum Gasteiger partial charge on any atom is -0.389 e. The van der Waals surface area contributed by atoms with Crippen LogP contribution in [0.2, 0.25) is 0 Å². The summed E-state index contributed by atoms with van der Waals surface area (Å²) in [5.74, 6) is -0.120. The molecule has 0 bridgehead atoms. The van der Waals surface area contributed by atoms with Gasteiger partial charge in [0.2, 0.25) is 0 Å². The molecule has 0 saturated heterocycles. The molecule has 4 heteroatoms. The molecule has 0 radical (unpaired) electrons. The van der Waals surface area contributed by atoms with Gasteiger partial charge in [-0.2, -0.15) is 0 Å². The molecule has 0 aliphatic rings. The Bertz CT molecular complexity index is 471. The first-order valence-electron chi connectivity index (χ1n) is 7.77. The Morgan fingerprint density at radius 3 is 2.14 bits per heavy atom. The lowest BCUT2D eigenvalue weighted by Crippen LogP contribution is -2.45. The van der Waals surface area contributed by atoms with Crippen molar-refractivity contribution >= 4 is 5.91 Å². The standard InChI is InChI=1S/C18H29NO3/c1-7-19(13-18(5,6)21)16(20)15(22-17(2,3)4)14-11-9-8-10-12-14/h8-12,15,21H,7,13H2,1-6H3. The van der Waals surface area contributed by atoms with Gasteiger partial charge in [-0.05, 0) is 47.1 Å². The Balaban J connectivity index is 3.06. The van der Waals surface area contributed by atoms with Crippen molar-refractivity contribution in [1.82, 2.24) is 4.90 Å². The second-order valence-electron chi connectivity index (χ2n) is 7.19. The van der Waals surface area contributed by atoms with E-state index < -0.39 is 17.3 Å². The van der Waals surface area contributed by atoms with Crippen LogP contribution in [0.3, 0.4) is 0 Å². The van der Waals surface area contributed by atoms with Crippen LogP contribution in [0.4, 0.5) is 0 Å². The number of rotatable bonds is 6.